The Morgan fingerprint density at radius 1 is 1.09 bits per heavy atom. The van der Waals surface area contributed by atoms with Crippen molar-refractivity contribution < 1.29 is 29.3 Å². The predicted octanol–water partition coefficient (Wildman–Crippen LogP) is 2.35. The topological polar surface area (TPSA) is 116 Å². The third-order valence-corrected chi connectivity index (χ3v) is 6.07. The van der Waals surface area contributed by atoms with Gasteiger partial charge < -0.3 is 25.2 Å². The number of nitrogens with one attached hydrogen (secondary N) is 1. The maximum Gasteiger partial charge on any atom is 0.407 e. The molecule has 3 N–H and O–H groups in total. The van der Waals surface area contributed by atoms with E-state index < -0.39 is 36.2 Å². The molecule has 4 rings (SSSR count). The van der Waals surface area contributed by atoms with Gasteiger partial charge in [0, 0.05) is 31.3 Å². The maximum atomic E-state index is 12.5. The predicted molar refractivity (Wildman–Crippen MR) is 116 cm³/mol. The first kappa shape index (κ1) is 21.8. The Bertz CT molecular complexity index is 993. The van der Waals surface area contributed by atoms with Gasteiger partial charge in [0.05, 0.1) is 6.10 Å². The van der Waals surface area contributed by atoms with Gasteiger partial charge in [-0.25, -0.2) is 9.59 Å². The highest BCUT2D eigenvalue weighted by atomic mass is 16.5. The fourth-order valence-corrected chi connectivity index (χ4v) is 4.60. The third-order valence-electron chi connectivity index (χ3n) is 6.07. The van der Waals surface area contributed by atoms with E-state index in [0.29, 0.717) is 0 Å². The van der Waals surface area contributed by atoms with Gasteiger partial charge in [-0.3, -0.25) is 4.79 Å². The number of β-amino-alcohol motifs (C(OH)–C–C–N with tert-alkyl or cyclic N) is 1. The molecule has 1 heterocycles. The van der Waals surface area contributed by atoms with Crippen LogP contribution in [-0.2, 0) is 14.3 Å². The molecule has 2 amide bonds. The highest BCUT2D eigenvalue weighted by Crippen LogP contribution is 2.44. The van der Waals surface area contributed by atoms with E-state index in [9.17, 15) is 24.6 Å². The lowest BCUT2D eigenvalue weighted by molar-refractivity contribution is -0.148. The number of nitrogens with zero attached hydrogens (tertiary/aromatic N) is 1. The highest BCUT2D eigenvalue weighted by molar-refractivity contribution is 5.85. The number of carboxylic acid groups (broad SMARTS) is 1. The summed E-state index contributed by atoms with van der Waals surface area (Å²) in [5.41, 5.74) is 4.49. The molecule has 2 aromatic carbocycles. The largest absolute Gasteiger partial charge is 0.480 e. The Labute approximate surface area is 185 Å². The first-order chi connectivity index (χ1) is 15.3. The van der Waals surface area contributed by atoms with Crippen LogP contribution >= 0.6 is 0 Å². The van der Waals surface area contributed by atoms with E-state index in [1.165, 1.54) is 0 Å². The normalized spacial score (nSPS) is 20.4. The molecule has 2 aromatic rings. The number of carboxylic acids is 1. The monoisotopic (exact) mass is 438 g/mol. The van der Waals surface area contributed by atoms with Gasteiger partial charge in [-0.05, 0) is 29.2 Å². The van der Waals surface area contributed by atoms with Crippen LogP contribution in [-0.4, -0.2) is 64.4 Å². The van der Waals surface area contributed by atoms with Gasteiger partial charge in [0.1, 0.15) is 12.6 Å². The summed E-state index contributed by atoms with van der Waals surface area (Å²) in [5.74, 6) is -1.64. The third kappa shape index (κ3) is 4.31. The Balaban J connectivity index is 1.33. The minimum absolute atomic E-state index is 0.00919. The number of carbonyl (C=O) groups is 3. The van der Waals surface area contributed by atoms with Gasteiger partial charge in [0.25, 0.3) is 0 Å². The van der Waals surface area contributed by atoms with Crippen molar-refractivity contribution in [2.24, 2.45) is 0 Å². The van der Waals surface area contributed by atoms with Crippen LogP contribution in [0.2, 0.25) is 0 Å². The number of hydrogen-bond donors (Lipinski definition) is 3. The summed E-state index contributed by atoms with van der Waals surface area (Å²) >= 11 is 0. The first-order valence-electron chi connectivity index (χ1n) is 10.7. The summed E-state index contributed by atoms with van der Waals surface area (Å²) in [4.78, 5) is 37.3. The molecule has 1 aliphatic carbocycles. The molecular weight excluding hydrogens is 412 g/mol. The lowest BCUT2D eigenvalue weighted by Crippen LogP contribution is -2.44. The molecule has 2 aliphatic rings. The van der Waals surface area contributed by atoms with Crippen molar-refractivity contribution in [2.45, 2.75) is 43.9 Å². The van der Waals surface area contributed by atoms with Gasteiger partial charge in [-0.15, -0.1) is 0 Å². The van der Waals surface area contributed by atoms with Gasteiger partial charge in [0.15, 0.2) is 0 Å². The van der Waals surface area contributed by atoms with Crippen molar-refractivity contribution in [3.05, 3.63) is 59.7 Å². The quantitative estimate of drug-likeness (QED) is 0.638. The van der Waals surface area contributed by atoms with Crippen molar-refractivity contribution in [2.75, 3.05) is 13.2 Å². The molecule has 32 heavy (non-hydrogen) atoms. The van der Waals surface area contributed by atoms with Crippen molar-refractivity contribution in [3.63, 3.8) is 0 Å². The van der Waals surface area contributed by atoms with E-state index >= 15 is 0 Å². The number of aliphatic carboxylic acids is 1. The number of aliphatic hydroxyl groups is 1. The van der Waals surface area contributed by atoms with Crippen molar-refractivity contribution >= 4 is 18.0 Å². The number of likely N-dealkylation sites (tertiary alicyclic amines) is 1. The lowest BCUT2D eigenvalue weighted by atomic mass is 9.98. The van der Waals surface area contributed by atoms with E-state index in [0.717, 1.165) is 27.2 Å². The molecule has 2 unspecified atom stereocenters. The van der Waals surface area contributed by atoms with Gasteiger partial charge in [-0.1, -0.05) is 48.5 Å². The van der Waals surface area contributed by atoms with E-state index in [-0.39, 0.29) is 31.9 Å². The van der Waals surface area contributed by atoms with Crippen LogP contribution in [0, 0.1) is 0 Å². The SMILES string of the molecule is C[C@@H](CC(=O)N1CC(O)CC1C(=O)O)NC(=O)OCC1c2ccccc2-c2ccccc21. The van der Waals surface area contributed by atoms with Crippen molar-refractivity contribution in [1.29, 1.82) is 0 Å². The minimum Gasteiger partial charge on any atom is -0.480 e. The van der Waals surface area contributed by atoms with Gasteiger partial charge >= 0.3 is 12.1 Å². The van der Waals surface area contributed by atoms with E-state index in [1.54, 1.807) is 6.92 Å². The summed E-state index contributed by atoms with van der Waals surface area (Å²) in [7, 11) is 0. The van der Waals surface area contributed by atoms with Crippen LogP contribution in [0.1, 0.15) is 36.8 Å². The summed E-state index contributed by atoms with van der Waals surface area (Å²) in [5, 5.41) is 21.6. The van der Waals surface area contributed by atoms with Crippen LogP contribution in [0.4, 0.5) is 4.79 Å². The summed E-state index contributed by atoms with van der Waals surface area (Å²) < 4.78 is 5.48. The van der Waals surface area contributed by atoms with E-state index in [1.807, 2.05) is 36.4 Å². The van der Waals surface area contributed by atoms with E-state index in [2.05, 4.69) is 17.4 Å². The lowest BCUT2D eigenvalue weighted by Gasteiger charge is -2.23. The maximum absolute atomic E-state index is 12.5. The molecule has 0 bridgehead atoms. The number of carbonyl (C=O) groups excluding carboxylic acids is 2. The second-order valence-corrected chi connectivity index (χ2v) is 8.36. The molecule has 8 heteroatoms. The summed E-state index contributed by atoms with van der Waals surface area (Å²) in [6.07, 6.45) is -1.57. The zero-order valence-corrected chi connectivity index (χ0v) is 17.7. The zero-order chi connectivity index (χ0) is 22.8. The number of alkyl carbamates (subject to hydrolysis) is 1. The number of aliphatic hydroxyl groups excluding tert-OH is 1. The second kappa shape index (κ2) is 9.00. The molecule has 0 aromatic heterocycles. The average molecular weight is 438 g/mol. The van der Waals surface area contributed by atoms with Crippen LogP contribution in [0.25, 0.3) is 11.1 Å². The van der Waals surface area contributed by atoms with Crippen molar-refractivity contribution in [1.82, 2.24) is 10.2 Å². The molecular formula is C24H26N2O6. The molecule has 1 aliphatic heterocycles. The molecule has 1 saturated heterocycles. The van der Waals surface area contributed by atoms with Crippen LogP contribution < -0.4 is 5.32 Å². The number of fused-ring (bicyclic) bond motifs is 3. The standard InChI is InChI=1S/C24H26N2O6/c1-14(10-22(28)26-12-15(27)11-21(26)23(29)30)25-24(31)32-13-20-18-8-4-2-6-16(18)17-7-3-5-9-19(17)20/h2-9,14-15,20-21,27H,10-13H2,1H3,(H,25,31)(H,29,30)/t14-,15?,21?/m0/s1. The molecule has 3 atom stereocenters. The van der Waals surface area contributed by atoms with Gasteiger partial charge in [0.2, 0.25) is 5.91 Å². The highest BCUT2D eigenvalue weighted by Gasteiger charge is 2.39. The molecule has 0 spiro atoms. The molecule has 8 nitrogen and oxygen atoms in total. The zero-order valence-electron chi connectivity index (χ0n) is 17.7. The number of ether oxygens (including phenoxy) is 1. The number of benzene rings is 2. The molecule has 0 radical (unpaired) electrons. The summed E-state index contributed by atoms with van der Waals surface area (Å²) in [6, 6.07) is 14.5. The van der Waals surface area contributed by atoms with Crippen LogP contribution in [0.5, 0.6) is 0 Å². The van der Waals surface area contributed by atoms with E-state index in [4.69, 9.17) is 4.74 Å². The van der Waals surface area contributed by atoms with Gasteiger partial charge in [-0.2, -0.15) is 0 Å². The fraction of sp³-hybridized carbons (Fsp3) is 0.375. The fourth-order valence-electron chi connectivity index (χ4n) is 4.60. The molecule has 168 valence electrons. The number of rotatable bonds is 6. The average Bonchev–Trinajstić information content (AvgIpc) is 3.31. The number of hydrogen-bond acceptors (Lipinski definition) is 5. The smallest absolute Gasteiger partial charge is 0.407 e. The Hall–Kier alpha value is -3.39. The number of amides is 2. The first-order valence-corrected chi connectivity index (χ1v) is 10.7. The Morgan fingerprint density at radius 2 is 1.69 bits per heavy atom. The Morgan fingerprint density at radius 3 is 2.28 bits per heavy atom. The van der Waals surface area contributed by atoms with Crippen molar-refractivity contribution in [3.8, 4) is 11.1 Å². The van der Waals surface area contributed by atoms with Crippen LogP contribution in [0.3, 0.4) is 0 Å². The second-order valence-electron chi connectivity index (χ2n) is 8.36. The summed E-state index contributed by atoms with van der Waals surface area (Å²) in [6.45, 7) is 1.80. The van der Waals surface area contributed by atoms with Crippen LogP contribution in [0.15, 0.2) is 48.5 Å². The molecule has 0 saturated carbocycles. The molecule has 1 fully saturated rings. The minimum atomic E-state index is -1.15. The Kier molecular flexibility index (Phi) is 6.14.